The fraction of sp³-hybridized carbons (Fsp3) is 0.533. The second-order valence-electron chi connectivity index (χ2n) is 5.19. The van der Waals surface area contributed by atoms with E-state index in [1.54, 1.807) is 17.0 Å². The number of benzene rings is 1. The molecule has 2 N–H and O–H groups in total. The minimum absolute atomic E-state index is 0.0680. The van der Waals surface area contributed by atoms with Crippen molar-refractivity contribution in [2.24, 2.45) is 11.7 Å². The Hall–Kier alpha value is -1.69. The highest BCUT2D eigenvalue weighted by Gasteiger charge is 2.25. The van der Waals surface area contributed by atoms with Crippen molar-refractivity contribution in [1.29, 1.82) is 0 Å². The van der Waals surface area contributed by atoms with Gasteiger partial charge in [0.05, 0.1) is 5.56 Å². The Balaban J connectivity index is 2.04. The summed E-state index contributed by atoms with van der Waals surface area (Å²) in [5.41, 5.74) is 5.73. The van der Waals surface area contributed by atoms with Crippen LogP contribution in [-0.4, -0.2) is 37.1 Å². The summed E-state index contributed by atoms with van der Waals surface area (Å²) in [5, 5.41) is 0. The van der Waals surface area contributed by atoms with Gasteiger partial charge in [0, 0.05) is 13.1 Å². The van der Waals surface area contributed by atoms with Crippen LogP contribution in [0.1, 0.15) is 29.6 Å². The van der Waals surface area contributed by atoms with Crippen molar-refractivity contribution in [3.8, 4) is 5.75 Å². The zero-order valence-electron chi connectivity index (χ0n) is 11.8. The van der Waals surface area contributed by atoms with Crippen LogP contribution in [0.2, 0.25) is 0 Å². The number of carbonyl (C=O) groups is 1. The third-order valence-electron chi connectivity index (χ3n) is 3.81. The lowest BCUT2D eigenvalue weighted by molar-refractivity contribution is -0.0503. The number of piperidine rings is 1. The lowest BCUT2D eigenvalue weighted by atomic mass is 9.93. The van der Waals surface area contributed by atoms with Crippen LogP contribution in [0.5, 0.6) is 5.75 Å². The summed E-state index contributed by atoms with van der Waals surface area (Å²) in [6.45, 7) is -1.02. The maximum absolute atomic E-state index is 12.4. The van der Waals surface area contributed by atoms with E-state index in [-0.39, 0.29) is 17.2 Å². The van der Waals surface area contributed by atoms with Gasteiger partial charge in [-0.2, -0.15) is 8.78 Å². The maximum Gasteiger partial charge on any atom is 0.387 e. The van der Waals surface area contributed by atoms with E-state index >= 15 is 0 Å². The number of halogens is 2. The molecule has 21 heavy (non-hydrogen) atoms. The molecule has 0 unspecified atom stereocenters. The zero-order chi connectivity index (χ0) is 15.2. The molecule has 0 spiro atoms. The number of carbonyl (C=O) groups excluding carboxylic acids is 1. The monoisotopic (exact) mass is 298 g/mol. The molecule has 0 aromatic heterocycles. The lowest BCUT2D eigenvalue weighted by Crippen LogP contribution is -2.39. The van der Waals surface area contributed by atoms with Crippen LogP contribution in [0.3, 0.4) is 0 Å². The quantitative estimate of drug-likeness (QED) is 0.908. The summed E-state index contributed by atoms with van der Waals surface area (Å²) in [6.07, 6.45) is 2.77. The van der Waals surface area contributed by atoms with Gasteiger partial charge in [-0.25, -0.2) is 0 Å². The average Bonchev–Trinajstić information content (AvgIpc) is 2.48. The van der Waals surface area contributed by atoms with Gasteiger partial charge in [-0.05, 0) is 43.9 Å². The fourth-order valence-corrected chi connectivity index (χ4v) is 2.67. The Labute approximate surface area is 122 Å². The van der Waals surface area contributed by atoms with Gasteiger partial charge in [0.2, 0.25) is 0 Å². The SMILES string of the molecule is NCCC1CCN(C(=O)c2ccccc2OC(F)F)CC1. The number of hydrogen-bond acceptors (Lipinski definition) is 3. The topological polar surface area (TPSA) is 55.6 Å². The summed E-state index contributed by atoms with van der Waals surface area (Å²) in [7, 11) is 0. The van der Waals surface area contributed by atoms with E-state index in [9.17, 15) is 13.6 Å². The summed E-state index contributed by atoms with van der Waals surface area (Å²) >= 11 is 0. The second kappa shape index (κ2) is 7.36. The number of hydrogen-bond donors (Lipinski definition) is 1. The molecule has 0 atom stereocenters. The molecular weight excluding hydrogens is 278 g/mol. The van der Waals surface area contributed by atoms with E-state index in [4.69, 9.17) is 5.73 Å². The number of alkyl halides is 2. The Kier molecular flexibility index (Phi) is 5.50. The van der Waals surface area contributed by atoms with Crippen LogP contribution >= 0.6 is 0 Å². The predicted octanol–water partition coefficient (Wildman–Crippen LogP) is 2.49. The molecule has 1 aromatic carbocycles. The molecule has 4 nitrogen and oxygen atoms in total. The Morgan fingerprint density at radius 3 is 2.62 bits per heavy atom. The van der Waals surface area contributed by atoms with Gasteiger partial charge in [0.1, 0.15) is 5.75 Å². The summed E-state index contributed by atoms with van der Waals surface area (Å²) in [4.78, 5) is 14.1. The van der Waals surface area contributed by atoms with E-state index in [1.807, 2.05) is 0 Å². The molecular formula is C15H20F2N2O2. The number of likely N-dealkylation sites (tertiary alicyclic amines) is 1. The first kappa shape index (κ1) is 15.7. The molecule has 1 heterocycles. The highest BCUT2D eigenvalue weighted by atomic mass is 19.3. The van der Waals surface area contributed by atoms with Crippen molar-refractivity contribution in [2.45, 2.75) is 25.9 Å². The summed E-state index contributed by atoms with van der Waals surface area (Å²) < 4.78 is 29.2. The van der Waals surface area contributed by atoms with E-state index in [0.717, 1.165) is 19.3 Å². The largest absolute Gasteiger partial charge is 0.434 e. The van der Waals surface area contributed by atoms with Crippen molar-refractivity contribution in [3.63, 3.8) is 0 Å². The van der Waals surface area contributed by atoms with Gasteiger partial charge in [0.15, 0.2) is 0 Å². The molecule has 0 saturated carbocycles. The molecule has 0 bridgehead atoms. The van der Waals surface area contributed by atoms with Gasteiger partial charge in [-0.15, -0.1) is 0 Å². The lowest BCUT2D eigenvalue weighted by Gasteiger charge is -2.32. The number of ether oxygens (including phenoxy) is 1. The van der Waals surface area contributed by atoms with Gasteiger partial charge >= 0.3 is 6.61 Å². The highest BCUT2D eigenvalue weighted by molar-refractivity contribution is 5.97. The first-order chi connectivity index (χ1) is 10.1. The predicted molar refractivity (Wildman–Crippen MR) is 75.4 cm³/mol. The van der Waals surface area contributed by atoms with Crippen LogP contribution < -0.4 is 10.5 Å². The Morgan fingerprint density at radius 1 is 1.33 bits per heavy atom. The van der Waals surface area contributed by atoms with Gasteiger partial charge in [-0.1, -0.05) is 12.1 Å². The number of amides is 1. The fourth-order valence-electron chi connectivity index (χ4n) is 2.67. The zero-order valence-corrected chi connectivity index (χ0v) is 11.8. The molecule has 1 amide bonds. The number of nitrogens with zero attached hydrogens (tertiary/aromatic N) is 1. The Bertz CT molecular complexity index is 474. The van der Waals surface area contributed by atoms with E-state index < -0.39 is 6.61 Å². The van der Waals surface area contributed by atoms with Gasteiger partial charge in [-0.3, -0.25) is 4.79 Å². The molecule has 2 rings (SSSR count). The standard InChI is InChI=1S/C15H20F2N2O2/c16-15(17)21-13-4-2-1-3-12(13)14(20)19-9-6-11(5-8-18)7-10-19/h1-4,11,15H,5-10,18H2. The summed E-state index contributed by atoms with van der Waals surface area (Å²) in [6, 6.07) is 6.13. The third kappa shape index (κ3) is 4.14. The smallest absolute Gasteiger partial charge is 0.387 e. The summed E-state index contributed by atoms with van der Waals surface area (Å²) in [5.74, 6) is 0.227. The van der Waals surface area contributed by atoms with E-state index in [2.05, 4.69) is 4.74 Å². The average molecular weight is 298 g/mol. The molecule has 116 valence electrons. The van der Waals surface area contributed by atoms with Gasteiger partial charge < -0.3 is 15.4 Å². The first-order valence-electron chi connectivity index (χ1n) is 7.15. The second-order valence-corrected chi connectivity index (χ2v) is 5.19. The van der Waals surface area contributed by atoms with Crippen LogP contribution in [0.15, 0.2) is 24.3 Å². The maximum atomic E-state index is 12.4. The minimum atomic E-state index is -2.94. The molecule has 6 heteroatoms. The normalized spacial score (nSPS) is 16.3. The van der Waals surface area contributed by atoms with Crippen LogP contribution in [0.25, 0.3) is 0 Å². The van der Waals surface area contributed by atoms with Crippen LogP contribution in [-0.2, 0) is 0 Å². The Morgan fingerprint density at radius 2 is 2.00 bits per heavy atom. The van der Waals surface area contributed by atoms with Gasteiger partial charge in [0.25, 0.3) is 5.91 Å². The van der Waals surface area contributed by atoms with Crippen LogP contribution in [0, 0.1) is 5.92 Å². The molecule has 1 aromatic rings. The number of para-hydroxylation sites is 1. The molecule has 1 aliphatic rings. The molecule has 1 fully saturated rings. The molecule has 0 aliphatic carbocycles. The van der Waals surface area contributed by atoms with Crippen molar-refractivity contribution < 1.29 is 18.3 Å². The molecule has 1 aliphatic heterocycles. The minimum Gasteiger partial charge on any atom is -0.434 e. The first-order valence-corrected chi connectivity index (χ1v) is 7.15. The molecule has 1 saturated heterocycles. The van der Waals surface area contributed by atoms with E-state index in [0.29, 0.717) is 25.6 Å². The number of nitrogens with two attached hydrogens (primary N) is 1. The third-order valence-corrected chi connectivity index (χ3v) is 3.81. The molecule has 0 radical (unpaired) electrons. The highest BCUT2D eigenvalue weighted by Crippen LogP contribution is 2.25. The number of rotatable bonds is 5. The van der Waals surface area contributed by atoms with Crippen molar-refractivity contribution in [2.75, 3.05) is 19.6 Å². The van der Waals surface area contributed by atoms with Crippen molar-refractivity contribution in [1.82, 2.24) is 4.90 Å². The van der Waals surface area contributed by atoms with E-state index in [1.165, 1.54) is 12.1 Å². The van der Waals surface area contributed by atoms with Crippen molar-refractivity contribution >= 4 is 5.91 Å². The van der Waals surface area contributed by atoms with Crippen molar-refractivity contribution in [3.05, 3.63) is 29.8 Å². The van der Waals surface area contributed by atoms with Crippen LogP contribution in [0.4, 0.5) is 8.78 Å².